The molecule has 1 heteroatoms. The van der Waals surface area contributed by atoms with Gasteiger partial charge >= 0.3 is 0 Å². The highest BCUT2D eigenvalue weighted by molar-refractivity contribution is 4.78. The molecule has 0 N–H and O–H groups in total. The number of hydrogen-bond donors (Lipinski definition) is 0. The SMILES string of the molecule is CO[C@H](C)C1CC1. The Labute approximate surface area is 44.7 Å². The van der Waals surface area contributed by atoms with Crippen LogP contribution in [0.3, 0.4) is 0 Å². The molecule has 0 aromatic rings. The third kappa shape index (κ3) is 1.16. The van der Waals surface area contributed by atoms with Crippen molar-refractivity contribution in [2.75, 3.05) is 7.11 Å². The Morgan fingerprint density at radius 2 is 2.14 bits per heavy atom. The zero-order valence-electron chi connectivity index (χ0n) is 4.98. The van der Waals surface area contributed by atoms with Gasteiger partial charge in [0.15, 0.2) is 0 Å². The van der Waals surface area contributed by atoms with E-state index in [4.69, 9.17) is 4.74 Å². The third-order valence-corrected chi connectivity index (χ3v) is 1.66. The summed E-state index contributed by atoms with van der Waals surface area (Å²) in [6, 6.07) is 0. The second-order valence-electron chi connectivity index (χ2n) is 2.28. The zero-order chi connectivity index (χ0) is 5.28. The summed E-state index contributed by atoms with van der Waals surface area (Å²) in [6.45, 7) is 2.14. The molecule has 0 radical (unpaired) electrons. The quantitative estimate of drug-likeness (QED) is 0.510. The van der Waals surface area contributed by atoms with Crippen molar-refractivity contribution in [1.29, 1.82) is 0 Å². The van der Waals surface area contributed by atoms with E-state index < -0.39 is 0 Å². The first kappa shape index (κ1) is 5.10. The Morgan fingerprint density at radius 3 is 2.29 bits per heavy atom. The average Bonchev–Trinajstić information content (AvgIpc) is 2.44. The molecule has 1 saturated carbocycles. The molecule has 0 aromatic heterocycles. The summed E-state index contributed by atoms with van der Waals surface area (Å²) in [4.78, 5) is 0. The number of ether oxygens (including phenoxy) is 1. The van der Waals surface area contributed by atoms with E-state index in [9.17, 15) is 0 Å². The van der Waals surface area contributed by atoms with Crippen LogP contribution in [0.15, 0.2) is 0 Å². The second kappa shape index (κ2) is 1.83. The summed E-state index contributed by atoms with van der Waals surface area (Å²) in [6.07, 6.45) is 3.28. The van der Waals surface area contributed by atoms with Gasteiger partial charge in [-0.15, -0.1) is 0 Å². The van der Waals surface area contributed by atoms with Gasteiger partial charge in [0.25, 0.3) is 0 Å². The van der Waals surface area contributed by atoms with E-state index >= 15 is 0 Å². The van der Waals surface area contributed by atoms with Crippen molar-refractivity contribution in [3.05, 3.63) is 0 Å². The summed E-state index contributed by atoms with van der Waals surface area (Å²) >= 11 is 0. The maximum atomic E-state index is 5.07. The molecule has 1 atom stereocenters. The molecule has 0 unspecified atom stereocenters. The minimum atomic E-state index is 0.514. The molecule has 7 heavy (non-hydrogen) atoms. The predicted octanol–water partition coefficient (Wildman–Crippen LogP) is 1.43. The van der Waals surface area contributed by atoms with Gasteiger partial charge in [-0.1, -0.05) is 0 Å². The van der Waals surface area contributed by atoms with Crippen LogP contribution in [0.25, 0.3) is 0 Å². The van der Waals surface area contributed by atoms with E-state index in [1.54, 1.807) is 7.11 Å². The highest BCUT2D eigenvalue weighted by Crippen LogP contribution is 2.33. The molecule has 0 aromatic carbocycles. The molecule has 0 heterocycles. The van der Waals surface area contributed by atoms with Crippen molar-refractivity contribution in [1.82, 2.24) is 0 Å². The first-order valence-corrected chi connectivity index (χ1v) is 2.87. The molecule has 0 aliphatic heterocycles. The zero-order valence-corrected chi connectivity index (χ0v) is 4.98. The van der Waals surface area contributed by atoms with Gasteiger partial charge in [0, 0.05) is 7.11 Å². The Hall–Kier alpha value is -0.0400. The molecule has 1 aliphatic carbocycles. The molecule has 1 nitrogen and oxygen atoms in total. The lowest BCUT2D eigenvalue weighted by atomic mass is 10.3. The van der Waals surface area contributed by atoms with Crippen LogP contribution in [-0.2, 0) is 4.74 Å². The standard InChI is InChI=1S/C6H12O/c1-5(7-2)6-3-4-6/h5-6H,3-4H2,1-2H3/t5-/m1/s1. The van der Waals surface area contributed by atoms with Gasteiger partial charge in [-0.2, -0.15) is 0 Å². The molecule has 0 saturated heterocycles. The van der Waals surface area contributed by atoms with Crippen LogP contribution < -0.4 is 0 Å². The van der Waals surface area contributed by atoms with Crippen LogP contribution in [0.4, 0.5) is 0 Å². The van der Waals surface area contributed by atoms with Gasteiger partial charge < -0.3 is 4.74 Å². The number of hydrogen-bond acceptors (Lipinski definition) is 1. The molecule has 42 valence electrons. The topological polar surface area (TPSA) is 9.23 Å². The Balaban J connectivity index is 2.10. The Kier molecular flexibility index (Phi) is 1.33. The Morgan fingerprint density at radius 1 is 1.57 bits per heavy atom. The van der Waals surface area contributed by atoms with Crippen LogP contribution in [0.5, 0.6) is 0 Å². The lowest BCUT2D eigenvalue weighted by Crippen LogP contribution is -2.05. The maximum Gasteiger partial charge on any atom is 0.0571 e. The van der Waals surface area contributed by atoms with E-state index in [-0.39, 0.29) is 0 Å². The normalized spacial score (nSPS) is 24.9. The fourth-order valence-electron chi connectivity index (χ4n) is 0.758. The summed E-state index contributed by atoms with van der Waals surface area (Å²) in [5.74, 6) is 0.894. The monoisotopic (exact) mass is 100 g/mol. The lowest BCUT2D eigenvalue weighted by Gasteiger charge is -2.04. The van der Waals surface area contributed by atoms with Crippen LogP contribution in [0.1, 0.15) is 19.8 Å². The van der Waals surface area contributed by atoms with Crippen molar-refractivity contribution >= 4 is 0 Å². The van der Waals surface area contributed by atoms with Crippen molar-refractivity contribution in [2.45, 2.75) is 25.9 Å². The summed E-state index contributed by atoms with van der Waals surface area (Å²) in [5.41, 5.74) is 0. The maximum absolute atomic E-state index is 5.07. The van der Waals surface area contributed by atoms with Gasteiger partial charge in [-0.25, -0.2) is 0 Å². The molecule has 1 rings (SSSR count). The van der Waals surface area contributed by atoms with E-state index in [1.807, 2.05) is 0 Å². The minimum absolute atomic E-state index is 0.514. The fourth-order valence-corrected chi connectivity index (χ4v) is 0.758. The molecule has 0 bridgehead atoms. The molecule has 1 aliphatic rings. The first-order valence-electron chi connectivity index (χ1n) is 2.87. The van der Waals surface area contributed by atoms with Crippen LogP contribution in [-0.4, -0.2) is 13.2 Å². The van der Waals surface area contributed by atoms with Crippen molar-refractivity contribution in [2.24, 2.45) is 5.92 Å². The number of methoxy groups -OCH3 is 1. The van der Waals surface area contributed by atoms with Crippen LogP contribution in [0, 0.1) is 5.92 Å². The van der Waals surface area contributed by atoms with E-state index in [0.29, 0.717) is 6.10 Å². The van der Waals surface area contributed by atoms with Gasteiger partial charge in [0.05, 0.1) is 6.10 Å². The minimum Gasteiger partial charge on any atom is -0.381 e. The molecule has 0 amide bonds. The van der Waals surface area contributed by atoms with Gasteiger partial charge in [0.1, 0.15) is 0 Å². The first-order chi connectivity index (χ1) is 3.34. The van der Waals surface area contributed by atoms with Crippen molar-refractivity contribution < 1.29 is 4.74 Å². The van der Waals surface area contributed by atoms with E-state index in [0.717, 1.165) is 5.92 Å². The summed E-state index contributed by atoms with van der Waals surface area (Å²) < 4.78 is 5.07. The third-order valence-electron chi connectivity index (χ3n) is 1.66. The highest BCUT2D eigenvalue weighted by Gasteiger charge is 2.27. The predicted molar refractivity (Wildman–Crippen MR) is 29.2 cm³/mol. The molecule has 0 spiro atoms. The average molecular weight is 100 g/mol. The smallest absolute Gasteiger partial charge is 0.0571 e. The van der Waals surface area contributed by atoms with E-state index in [2.05, 4.69) is 6.92 Å². The summed E-state index contributed by atoms with van der Waals surface area (Å²) in [5, 5.41) is 0. The second-order valence-corrected chi connectivity index (χ2v) is 2.28. The lowest BCUT2D eigenvalue weighted by molar-refractivity contribution is 0.100. The highest BCUT2D eigenvalue weighted by atomic mass is 16.5. The summed E-state index contributed by atoms with van der Waals surface area (Å²) in [7, 11) is 1.78. The van der Waals surface area contributed by atoms with E-state index in [1.165, 1.54) is 12.8 Å². The van der Waals surface area contributed by atoms with Gasteiger partial charge in [-0.3, -0.25) is 0 Å². The number of rotatable bonds is 2. The van der Waals surface area contributed by atoms with Gasteiger partial charge in [-0.05, 0) is 25.7 Å². The van der Waals surface area contributed by atoms with Crippen molar-refractivity contribution in [3.63, 3.8) is 0 Å². The van der Waals surface area contributed by atoms with Gasteiger partial charge in [0.2, 0.25) is 0 Å². The molecular formula is C6H12O. The van der Waals surface area contributed by atoms with Crippen molar-refractivity contribution in [3.8, 4) is 0 Å². The van der Waals surface area contributed by atoms with Crippen LogP contribution >= 0.6 is 0 Å². The Bertz CT molecular complexity index is 57.2. The van der Waals surface area contributed by atoms with Crippen LogP contribution in [0.2, 0.25) is 0 Å². The molecular weight excluding hydrogens is 88.1 g/mol. The fraction of sp³-hybridized carbons (Fsp3) is 1.00. The largest absolute Gasteiger partial charge is 0.381 e. The molecule has 1 fully saturated rings.